The number of benzene rings is 1. The minimum atomic E-state index is -3.65. The van der Waals surface area contributed by atoms with Crippen molar-refractivity contribution in [2.75, 3.05) is 0 Å². The van der Waals surface area contributed by atoms with Crippen molar-refractivity contribution in [3.05, 3.63) is 77.2 Å². The average molecular weight is 374 g/mol. The Morgan fingerprint density at radius 3 is 2.56 bits per heavy atom. The van der Waals surface area contributed by atoms with Gasteiger partial charge in [-0.15, -0.1) is 0 Å². The summed E-state index contributed by atoms with van der Waals surface area (Å²) in [7, 11) is -3.65. The number of rotatable bonds is 5. The predicted octanol–water partition coefficient (Wildman–Crippen LogP) is 3.58. The van der Waals surface area contributed by atoms with Gasteiger partial charge in [0.1, 0.15) is 0 Å². The Balaban J connectivity index is 1.81. The molecule has 0 bridgehead atoms. The summed E-state index contributed by atoms with van der Waals surface area (Å²) in [6.07, 6.45) is 5.03. The summed E-state index contributed by atoms with van der Waals surface area (Å²) in [6, 6.07) is 12.1. The Kier molecular flexibility index (Phi) is 5.13. The molecule has 128 valence electrons. The first-order valence-corrected chi connectivity index (χ1v) is 9.43. The number of hydrogen-bond acceptors (Lipinski definition) is 4. The van der Waals surface area contributed by atoms with E-state index in [0.29, 0.717) is 10.6 Å². The molecule has 0 aliphatic heterocycles. The molecule has 0 unspecified atom stereocenters. The van der Waals surface area contributed by atoms with E-state index in [9.17, 15) is 8.42 Å². The van der Waals surface area contributed by atoms with Crippen LogP contribution >= 0.6 is 11.6 Å². The van der Waals surface area contributed by atoms with Crippen LogP contribution in [0.3, 0.4) is 0 Å². The third kappa shape index (κ3) is 4.22. The molecule has 0 spiro atoms. The summed E-state index contributed by atoms with van der Waals surface area (Å²) in [5.74, 6) is 0. The molecule has 2 aromatic heterocycles. The highest BCUT2D eigenvalue weighted by atomic mass is 35.5. The fraction of sp³-hybridized carbons (Fsp3) is 0.111. The van der Waals surface area contributed by atoms with Crippen LogP contribution in [0.2, 0.25) is 5.02 Å². The number of nitrogens with zero attached hydrogens (tertiary/aromatic N) is 2. The molecule has 0 radical (unpaired) electrons. The molecule has 0 amide bonds. The SMILES string of the molecule is Cc1ccc(Cl)cc1S(=O)(=O)NCc1ccnc(-c2ccncc2)c1. The predicted molar refractivity (Wildman–Crippen MR) is 97.7 cm³/mol. The minimum Gasteiger partial charge on any atom is -0.265 e. The zero-order valence-electron chi connectivity index (χ0n) is 13.5. The zero-order valence-corrected chi connectivity index (χ0v) is 15.1. The van der Waals surface area contributed by atoms with E-state index in [0.717, 1.165) is 16.8 Å². The molecule has 0 fully saturated rings. The maximum Gasteiger partial charge on any atom is 0.241 e. The van der Waals surface area contributed by atoms with Crippen molar-refractivity contribution in [3.63, 3.8) is 0 Å². The molecule has 0 aliphatic rings. The molecule has 1 N–H and O–H groups in total. The van der Waals surface area contributed by atoms with Crippen LogP contribution in [0.4, 0.5) is 0 Å². The van der Waals surface area contributed by atoms with Gasteiger partial charge in [0.2, 0.25) is 10.0 Å². The fourth-order valence-corrected chi connectivity index (χ4v) is 3.91. The van der Waals surface area contributed by atoms with Gasteiger partial charge in [-0.05, 0) is 54.4 Å². The van der Waals surface area contributed by atoms with E-state index in [1.807, 2.05) is 18.2 Å². The molecule has 0 saturated carbocycles. The third-order valence-corrected chi connectivity index (χ3v) is 5.48. The largest absolute Gasteiger partial charge is 0.265 e. The van der Waals surface area contributed by atoms with E-state index in [2.05, 4.69) is 14.7 Å². The highest BCUT2D eigenvalue weighted by molar-refractivity contribution is 7.89. The summed E-state index contributed by atoms with van der Waals surface area (Å²) in [6.45, 7) is 1.90. The Morgan fingerprint density at radius 1 is 1.04 bits per heavy atom. The first-order valence-electron chi connectivity index (χ1n) is 7.57. The van der Waals surface area contributed by atoms with Gasteiger partial charge in [-0.25, -0.2) is 13.1 Å². The Hall–Kier alpha value is -2.28. The van der Waals surface area contributed by atoms with Gasteiger partial charge in [0.05, 0.1) is 10.6 Å². The lowest BCUT2D eigenvalue weighted by molar-refractivity contribution is 0.580. The van der Waals surface area contributed by atoms with Gasteiger partial charge >= 0.3 is 0 Å². The Morgan fingerprint density at radius 2 is 1.80 bits per heavy atom. The molecule has 7 heteroatoms. The van der Waals surface area contributed by atoms with Crippen molar-refractivity contribution in [1.82, 2.24) is 14.7 Å². The Bertz CT molecular complexity index is 992. The molecule has 2 heterocycles. The van der Waals surface area contributed by atoms with Crippen LogP contribution in [0.1, 0.15) is 11.1 Å². The van der Waals surface area contributed by atoms with Gasteiger partial charge in [-0.2, -0.15) is 0 Å². The molecule has 25 heavy (non-hydrogen) atoms. The van der Waals surface area contributed by atoms with Crippen LogP contribution in [0.15, 0.2) is 66.0 Å². The molecular formula is C18H16ClN3O2S. The lowest BCUT2D eigenvalue weighted by atomic mass is 10.1. The minimum absolute atomic E-state index is 0.162. The molecule has 5 nitrogen and oxygen atoms in total. The number of aryl methyl sites for hydroxylation is 1. The fourth-order valence-electron chi connectivity index (χ4n) is 2.38. The van der Waals surface area contributed by atoms with E-state index in [4.69, 9.17) is 11.6 Å². The van der Waals surface area contributed by atoms with Crippen molar-refractivity contribution in [2.24, 2.45) is 0 Å². The molecule has 3 aromatic rings. The second kappa shape index (κ2) is 7.31. The standard InChI is InChI=1S/C18H16ClN3O2S/c1-13-2-3-16(19)11-18(13)25(23,24)22-12-14-4-9-21-17(10-14)15-5-7-20-8-6-15/h2-11,22H,12H2,1H3. The summed E-state index contributed by atoms with van der Waals surface area (Å²) < 4.78 is 27.7. The monoisotopic (exact) mass is 373 g/mol. The number of halogens is 1. The average Bonchev–Trinajstić information content (AvgIpc) is 2.63. The van der Waals surface area contributed by atoms with Crippen LogP contribution in [-0.2, 0) is 16.6 Å². The van der Waals surface area contributed by atoms with Crippen molar-refractivity contribution in [1.29, 1.82) is 0 Å². The number of sulfonamides is 1. The first kappa shape index (κ1) is 17.5. The number of hydrogen-bond donors (Lipinski definition) is 1. The lowest BCUT2D eigenvalue weighted by Gasteiger charge is -2.10. The van der Waals surface area contributed by atoms with Crippen LogP contribution in [0.25, 0.3) is 11.3 Å². The van der Waals surface area contributed by atoms with Crippen LogP contribution in [0, 0.1) is 6.92 Å². The first-order chi connectivity index (χ1) is 12.0. The van der Waals surface area contributed by atoms with Crippen LogP contribution < -0.4 is 4.72 Å². The molecular weight excluding hydrogens is 358 g/mol. The topological polar surface area (TPSA) is 72.0 Å². The Labute approximate surface area is 151 Å². The molecule has 0 aliphatic carbocycles. The smallest absolute Gasteiger partial charge is 0.241 e. The highest BCUT2D eigenvalue weighted by Gasteiger charge is 2.17. The van der Waals surface area contributed by atoms with Gasteiger partial charge in [0, 0.05) is 35.7 Å². The van der Waals surface area contributed by atoms with Gasteiger partial charge in [0.15, 0.2) is 0 Å². The maximum absolute atomic E-state index is 12.5. The normalized spacial score (nSPS) is 11.4. The highest BCUT2D eigenvalue weighted by Crippen LogP contribution is 2.21. The molecule has 0 saturated heterocycles. The second-order valence-corrected chi connectivity index (χ2v) is 7.69. The van der Waals surface area contributed by atoms with Crippen molar-refractivity contribution >= 4 is 21.6 Å². The van der Waals surface area contributed by atoms with E-state index in [-0.39, 0.29) is 11.4 Å². The van der Waals surface area contributed by atoms with E-state index in [1.165, 1.54) is 6.07 Å². The van der Waals surface area contributed by atoms with E-state index in [1.54, 1.807) is 43.7 Å². The van der Waals surface area contributed by atoms with Gasteiger partial charge in [0.25, 0.3) is 0 Å². The van der Waals surface area contributed by atoms with E-state index >= 15 is 0 Å². The summed E-state index contributed by atoms with van der Waals surface area (Å²) in [5.41, 5.74) is 3.14. The zero-order chi connectivity index (χ0) is 17.9. The number of nitrogens with one attached hydrogen (secondary N) is 1. The van der Waals surface area contributed by atoms with Crippen molar-refractivity contribution in [3.8, 4) is 11.3 Å². The summed E-state index contributed by atoms with van der Waals surface area (Å²) >= 11 is 5.92. The van der Waals surface area contributed by atoms with Gasteiger partial charge < -0.3 is 0 Å². The maximum atomic E-state index is 12.5. The summed E-state index contributed by atoms with van der Waals surface area (Å²) in [4.78, 5) is 8.48. The molecule has 1 aromatic carbocycles. The van der Waals surface area contributed by atoms with Crippen molar-refractivity contribution < 1.29 is 8.42 Å². The molecule has 3 rings (SSSR count). The van der Waals surface area contributed by atoms with E-state index < -0.39 is 10.0 Å². The van der Waals surface area contributed by atoms with Crippen LogP contribution in [-0.4, -0.2) is 18.4 Å². The third-order valence-electron chi connectivity index (χ3n) is 3.71. The van der Waals surface area contributed by atoms with Crippen molar-refractivity contribution in [2.45, 2.75) is 18.4 Å². The number of pyridine rings is 2. The van der Waals surface area contributed by atoms with Gasteiger partial charge in [-0.1, -0.05) is 17.7 Å². The molecule has 0 atom stereocenters. The van der Waals surface area contributed by atoms with Crippen LogP contribution in [0.5, 0.6) is 0 Å². The van der Waals surface area contributed by atoms with Gasteiger partial charge in [-0.3, -0.25) is 9.97 Å². The second-order valence-electron chi connectivity index (χ2n) is 5.52. The number of aromatic nitrogens is 2. The quantitative estimate of drug-likeness (QED) is 0.741. The summed E-state index contributed by atoms with van der Waals surface area (Å²) in [5, 5.41) is 0.384. The lowest BCUT2D eigenvalue weighted by Crippen LogP contribution is -2.24.